The van der Waals surface area contributed by atoms with Gasteiger partial charge in [0.25, 0.3) is 0 Å². The molecule has 16 heavy (non-hydrogen) atoms. The second kappa shape index (κ2) is 5.48. The second-order valence-corrected chi connectivity index (χ2v) is 5.69. The summed E-state index contributed by atoms with van der Waals surface area (Å²) in [5.41, 5.74) is -0.159. The highest BCUT2D eigenvalue weighted by Gasteiger charge is 2.37. The van der Waals surface area contributed by atoms with E-state index in [1.807, 2.05) is 0 Å². The standard InChI is InChI=1S/C13H27NO2/c1-6-14-11-7-8-16-13(4,9-11)10-12(2,3)15-5/h11,14H,6-10H2,1-5H3. The monoisotopic (exact) mass is 229 g/mol. The minimum atomic E-state index is -0.108. The van der Waals surface area contributed by atoms with E-state index < -0.39 is 0 Å². The van der Waals surface area contributed by atoms with Crippen LogP contribution in [0.2, 0.25) is 0 Å². The van der Waals surface area contributed by atoms with E-state index >= 15 is 0 Å². The SMILES string of the molecule is CCNC1CCOC(C)(CC(C)(C)OC)C1. The van der Waals surface area contributed by atoms with Gasteiger partial charge in [0, 0.05) is 26.2 Å². The van der Waals surface area contributed by atoms with Gasteiger partial charge < -0.3 is 14.8 Å². The first-order chi connectivity index (χ1) is 7.41. The lowest BCUT2D eigenvalue weighted by molar-refractivity contribution is -0.123. The van der Waals surface area contributed by atoms with Gasteiger partial charge in [-0.05, 0) is 40.2 Å². The van der Waals surface area contributed by atoms with Crippen molar-refractivity contribution in [2.45, 2.75) is 64.2 Å². The Hall–Kier alpha value is -0.120. The molecule has 1 N–H and O–H groups in total. The minimum Gasteiger partial charge on any atom is -0.379 e. The van der Waals surface area contributed by atoms with Crippen LogP contribution in [0, 0.1) is 0 Å². The van der Waals surface area contributed by atoms with Gasteiger partial charge in [0.1, 0.15) is 0 Å². The van der Waals surface area contributed by atoms with Crippen LogP contribution >= 0.6 is 0 Å². The third-order valence-corrected chi connectivity index (χ3v) is 3.44. The summed E-state index contributed by atoms with van der Waals surface area (Å²) in [5.74, 6) is 0. The predicted molar refractivity (Wildman–Crippen MR) is 66.8 cm³/mol. The zero-order chi connectivity index (χ0) is 12.2. The summed E-state index contributed by atoms with van der Waals surface area (Å²) >= 11 is 0. The van der Waals surface area contributed by atoms with E-state index in [2.05, 4.69) is 33.0 Å². The molecule has 1 heterocycles. The molecule has 0 spiro atoms. The van der Waals surface area contributed by atoms with Gasteiger partial charge in [0.15, 0.2) is 0 Å². The average Bonchev–Trinajstić information content (AvgIpc) is 2.17. The second-order valence-electron chi connectivity index (χ2n) is 5.69. The summed E-state index contributed by atoms with van der Waals surface area (Å²) in [4.78, 5) is 0. The Kier molecular flexibility index (Phi) is 4.77. The lowest BCUT2D eigenvalue weighted by Gasteiger charge is -2.42. The van der Waals surface area contributed by atoms with Crippen LogP contribution in [0.5, 0.6) is 0 Å². The van der Waals surface area contributed by atoms with Gasteiger partial charge >= 0.3 is 0 Å². The van der Waals surface area contributed by atoms with Crippen molar-refractivity contribution in [3.8, 4) is 0 Å². The van der Waals surface area contributed by atoms with E-state index in [4.69, 9.17) is 9.47 Å². The number of ether oxygens (including phenoxy) is 2. The maximum Gasteiger partial charge on any atom is 0.0696 e. The smallest absolute Gasteiger partial charge is 0.0696 e. The van der Waals surface area contributed by atoms with Gasteiger partial charge in [0.05, 0.1) is 11.2 Å². The molecular weight excluding hydrogens is 202 g/mol. The molecule has 0 aromatic heterocycles. The van der Waals surface area contributed by atoms with Crippen LogP contribution in [0.3, 0.4) is 0 Å². The molecular formula is C13H27NO2. The van der Waals surface area contributed by atoms with E-state index in [9.17, 15) is 0 Å². The van der Waals surface area contributed by atoms with Crippen molar-refractivity contribution in [2.24, 2.45) is 0 Å². The Morgan fingerprint density at radius 2 is 2.19 bits per heavy atom. The largest absolute Gasteiger partial charge is 0.379 e. The van der Waals surface area contributed by atoms with Crippen LogP contribution in [-0.2, 0) is 9.47 Å². The molecule has 0 aromatic rings. The normalized spacial score (nSPS) is 31.7. The van der Waals surface area contributed by atoms with Crippen molar-refractivity contribution in [3.05, 3.63) is 0 Å². The molecule has 1 fully saturated rings. The summed E-state index contributed by atoms with van der Waals surface area (Å²) < 4.78 is 11.5. The number of hydrogen-bond acceptors (Lipinski definition) is 3. The fourth-order valence-electron chi connectivity index (χ4n) is 2.69. The fourth-order valence-corrected chi connectivity index (χ4v) is 2.69. The van der Waals surface area contributed by atoms with Crippen LogP contribution < -0.4 is 5.32 Å². The maximum absolute atomic E-state index is 5.96. The van der Waals surface area contributed by atoms with Gasteiger partial charge in [-0.1, -0.05) is 6.92 Å². The average molecular weight is 229 g/mol. The highest BCUT2D eigenvalue weighted by Crippen LogP contribution is 2.33. The Labute approximate surface area is 99.9 Å². The molecule has 0 radical (unpaired) electrons. The molecule has 0 amide bonds. The zero-order valence-corrected chi connectivity index (χ0v) is 11.4. The lowest BCUT2D eigenvalue weighted by atomic mass is 9.83. The van der Waals surface area contributed by atoms with Crippen molar-refractivity contribution in [1.29, 1.82) is 0 Å². The molecule has 0 saturated carbocycles. The van der Waals surface area contributed by atoms with Crippen LogP contribution in [0.15, 0.2) is 0 Å². The minimum absolute atomic E-state index is 0.0510. The van der Waals surface area contributed by atoms with Gasteiger partial charge in [-0.15, -0.1) is 0 Å². The molecule has 1 aliphatic rings. The Bertz CT molecular complexity index is 216. The molecule has 0 aromatic carbocycles. The van der Waals surface area contributed by atoms with Crippen molar-refractivity contribution >= 4 is 0 Å². The fraction of sp³-hybridized carbons (Fsp3) is 1.00. The molecule has 1 rings (SSSR count). The molecule has 2 atom stereocenters. The summed E-state index contributed by atoms with van der Waals surface area (Å²) in [5, 5.41) is 3.52. The first-order valence-electron chi connectivity index (χ1n) is 6.33. The summed E-state index contributed by atoms with van der Waals surface area (Å²) in [6.07, 6.45) is 3.14. The lowest BCUT2D eigenvalue weighted by Crippen LogP contribution is -2.48. The summed E-state index contributed by atoms with van der Waals surface area (Å²) in [7, 11) is 1.77. The first kappa shape index (κ1) is 13.9. The summed E-state index contributed by atoms with van der Waals surface area (Å²) in [6.45, 7) is 10.5. The first-order valence-corrected chi connectivity index (χ1v) is 6.33. The number of hydrogen-bond donors (Lipinski definition) is 1. The van der Waals surface area contributed by atoms with Gasteiger partial charge in [-0.25, -0.2) is 0 Å². The molecule has 3 nitrogen and oxygen atoms in total. The molecule has 96 valence electrons. The maximum atomic E-state index is 5.96. The van der Waals surface area contributed by atoms with E-state index in [1.165, 1.54) is 0 Å². The van der Waals surface area contributed by atoms with Crippen LogP contribution in [0.25, 0.3) is 0 Å². The molecule has 1 aliphatic heterocycles. The Morgan fingerprint density at radius 3 is 2.75 bits per heavy atom. The van der Waals surface area contributed by atoms with E-state index in [0.717, 1.165) is 32.4 Å². The number of nitrogens with one attached hydrogen (secondary N) is 1. The van der Waals surface area contributed by atoms with Crippen LogP contribution in [0.1, 0.15) is 47.0 Å². The van der Waals surface area contributed by atoms with Gasteiger partial charge in [0.2, 0.25) is 0 Å². The number of rotatable bonds is 5. The highest BCUT2D eigenvalue weighted by molar-refractivity contribution is 4.91. The molecule has 0 bridgehead atoms. The number of methoxy groups -OCH3 is 1. The molecule has 2 unspecified atom stereocenters. The Morgan fingerprint density at radius 1 is 1.50 bits per heavy atom. The van der Waals surface area contributed by atoms with E-state index in [-0.39, 0.29) is 11.2 Å². The van der Waals surface area contributed by atoms with Crippen LogP contribution in [-0.4, -0.2) is 37.5 Å². The van der Waals surface area contributed by atoms with Crippen molar-refractivity contribution in [1.82, 2.24) is 5.32 Å². The molecule has 0 aliphatic carbocycles. The van der Waals surface area contributed by atoms with E-state index in [1.54, 1.807) is 7.11 Å². The van der Waals surface area contributed by atoms with Gasteiger partial charge in [-0.3, -0.25) is 0 Å². The quantitative estimate of drug-likeness (QED) is 0.785. The Balaban J connectivity index is 2.55. The predicted octanol–water partition coefficient (Wildman–Crippen LogP) is 2.35. The zero-order valence-electron chi connectivity index (χ0n) is 11.4. The van der Waals surface area contributed by atoms with Crippen molar-refractivity contribution < 1.29 is 9.47 Å². The highest BCUT2D eigenvalue weighted by atomic mass is 16.5. The molecule has 3 heteroatoms. The van der Waals surface area contributed by atoms with Crippen molar-refractivity contribution in [3.63, 3.8) is 0 Å². The van der Waals surface area contributed by atoms with Gasteiger partial charge in [-0.2, -0.15) is 0 Å². The molecule has 1 saturated heterocycles. The van der Waals surface area contributed by atoms with Crippen molar-refractivity contribution in [2.75, 3.05) is 20.3 Å². The third kappa shape index (κ3) is 4.04. The summed E-state index contributed by atoms with van der Waals surface area (Å²) in [6, 6.07) is 0.594. The topological polar surface area (TPSA) is 30.5 Å². The van der Waals surface area contributed by atoms with Crippen LogP contribution in [0.4, 0.5) is 0 Å². The van der Waals surface area contributed by atoms with E-state index in [0.29, 0.717) is 6.04 Å². The third-order valence-electron chi connectivity index (χ3n) is 3.44.